The topological polar surface area (TPSA) is 59.8 Å². The van der Waals surface area contributed by atoms with E-state index in [9.17, 15) is 4.79 Å². The van der Waals surface area contributed by atoms with Gasteiger partial charge in [0.15, 0.2) is 11.0 Å². The first-order chi connectivity index (χ1) is 15.7. The van der Waals surface area contributed by atoms with Crippen LogP contribution in [0.4, 0.5) is 0 Å². The number of nitrogens with one attached hydrogen (secondary N) is 1. The number of benzene rings is 2. The molecule has 0 radical (unpaired) electrons. The Morgan fingerprint density at radius 1 is 1.03 bits per heavy atom. The van der Waals surface area contributed by atoms with E-state index < -0.39 is 0 Å². The molecule has 5 nitrogen and oxygen atoms in total. The fraction of sp³-hybridized carbons (Fsp3) is 0.348. The summed E-state index contributed by atoms with van der Waals surface area (Å²) in [5, 5.41) is 14.5. The number of carbonyl (C=O) groups is 1. The number of rotatable bonds is 9. The van der Waals surface area contributed by atoms with Crippen LogP contribution >= 0.6 is 58.2 Å². The van der Waals surface area contributed by atoms with Gasteiger partial charge in [0, 0.05) is 17.3 Å². The normalized spacial score (nSPS) is 12.2. The minimum Gasteiger partial charge on any atom is -0.342 e. The summed E-state index contributed by atoms with van der Waals surface area (Å²) in [5.74, 6) is 1.42. The Bertz CT molecular complexity index is 1140. The van der Waals surface area contributed by atoms with Crippen LogP contribution in [0.1, 0.15) is 55.0 Å². The van der Waals surface area contributed by atoms with Crippen LogP contribution in [0.15, 0.2) is 41.6 Å². The van der Waals surface area contributed by atoms with Gasteiger partial charge in [0.05, 0.1) is 26.7 Å². The Morgan fingerprint density at radius 2 is 1.79 bits per heavy atom. The van der Waals surface area contributed by atoms with Crippen molar-refractivity contribution in [1.29, 1.82) is 0 Å². The molecule has 0 saturated heterocycles. The number of halogens is 4. The standard InChI is InChI=1S/C23H24Cl4N4OS/c1-4-31-21(29-30-23(31)33-12-14-5-8-17(25)19(27)10-14)20(9-13(2)3)28-22(32)16-7-6-15(24)11-18(16)26/h5-8,10-11,13,20H,4,9,12H2,1-3H3,(H,28,32)/t20-/m0/s1. The highest BCUT2D eigenvalue weighted by atomic mass is 35.5. The molecule has 0 fully saturated rings. The molecule has 0 spiro atoms. The van der Waals surface area contributed by atoms with Gasteiger partial charge >= 0.3 is 0 Å². The maximum absolute atomic E-state index is 13.0. The summed E-state index contributed by atoms with van der Waals surface area (Å²) in [4.78, 5) is 13.0. The van der Waals surface area contributed by atoms with Crippen LogP contribution in [0.25, 0.3) is 0 Å². The zero-order valence-electron chi connectivity index (χ0n) is 18.4. The molecule has 0 aliphatic rings. The molecular formula is C23H24Cl4N4OS. The van der Waals surface area contributed by atoms with Crippen LogP contribution in [0.5, 0.6) is 0 Å². The van der Waals surface area contributed by atoms with Gasteiger partial charge in [0.1, 0.15) is 0 Å². The Balaban J connectivity index is 1.82. The lowest BCUT2D eigenvalue weighted by atomic mass is 10.0. The third-order valence-electron chi connectivity index (χ3n) is 4.91. The summed E-state index contributed by atoms with van der Waals surface area (Å²) in [7, 11) is 0. The molecule has 0 aliphatic carbocycles. The second-order valence-corrected chi connectivity index (χ2v) is 10.5. The molecule has 2 aromatic carbocycles. The van der Waals surface area contributed by atoms with Gasteiger partial charge in [-0.2, -0.15) is 0 Å². The van der Waals surface area contributed by atoms with Crippen LogP contribution in [0, 0.1) is 5.92 Å². The second kappa shape index (κ2) is 11.8. The van der Waals surface area contributed by atoms with Gasteiger partial charge in [-0.15, -0.1) is 10.2 Å². The Labute approximate surface area is 218 Å². The number of aromatic nitrogens is 3. The molecule has 1 N–H and O–H groups in total. The van der Waals surface area contributed by atoms with E-state index in [0.29, 0.717) is 56.1 Å². The molecule has 1 amide bonds. The van der Waals surface area contributed by atoms with Crippen molar-refractivity contribution in [2.75, 3.05) is 0 Å². The highest BCUT2D eigenvalue weighted by molar-refractivity contribution is 7.98. The van der Waals surface area contributed by atoms with Crippen LogP contribution in [-0.4, -0.2) is 20.7 Å². The van der Waals surface area contributed by atoms with E-state index in [0.717, 1.165) is 10.7 Å². The SMILES string of the molecule is CCn1c(SCc2ccc(Cl)c(Cl)c2)nnc1[C@H](CC(C)C)NC(=O)c1ccc(Cl)cc1Cl. The van der Waals surface area contributed by atoms with E-state index in [-0.39, 0.29) is 11.9 Å². The average Bonchev–Trinajstić information content (AvgIpc) is 3.16. The predicted molar refractivity (Wildman–Crippen MR) is 138 cm³/mol. The number of nitrogens with zero attached hydrogens (tertiary/aromatic N) is 3. The third kappa shape index (κ3) is 6.80. The molecule has 3 aromatic rings. The molecule has 176 valence electrons. The van der Waals surface area contributed by atoms with Crippen molar-refractivity contribution in [2.45, 2.75) is 50.7 Å². The van der Waals surface area contributed by atoms with E-state index in [1.807, 2.05) is 23.6 Å². The minimum atomic E-state index is -0.323. The summed E-state index contributed by atoms with van der Waals surface area (Å²) < 4.78 is 2.03. The molecule has 0 saturated carbocycles. The van der Waals surface area contributed by atoms with Crippen LogP contribution < -0.4 is 5.32 Å². The smallest absolute Gasteiger partial charge is 0.253 e. The number of thioether (sulfide) groups is 1. The van der Waals surface area contributed by atoms with Crippen LogP contribution in [-0.2, 0) is 12.3 Å². The molecule has 10 heteroatoms. The molecule has 33 heavy (non-hydrogen) atoms. The molecule has 3 rings (SSSR count). The van der Waals surface area contributed by atoms with E-state index in [2.05, 4.69) is 29.4 Å². The fourth-order valence-corrected chi connectivity index (χ4v) is 5.12. The van der Waals surface area contributed by atoms with Crippen LogP contribution in [0.2, 0.25) is 20.1 Å². The van der Waals surface area contributed by atoms with E-state index in [1.54, 1.807) is 36.0 Å². The van der Waals surface area contributed by atoms with Crippen molar-refractivity contribution in [3.8, 4) is 0 Å². The monoisotopic (exact) mass is 544 g/mol. The first-order valence-electron chi connectivity index (χ1n) is 10.4. The van der Waals surface area contributed by atoms with Gasteiger partial charge in [-0.25, -0.2) is 0 Å². The number of hydrogen-bond donors (Lipinski definition) is 1. The molecule has 0 bridgehead atoms. The quantitative estimate of drug-likeness (QED) is 0.279. The van der Waals surface area contributed by atoms with Crippen molar-refractivity contribution in [1.82, 2.24) is 20.1 Å². The van der Waals surface area contributed by atoms with Crippen molar-refractivity contribution in [2.24, 2.45) is 5.92 Å². The number of amides is 1. The lowest BCUT2D eigenvalue weighted by Crippen LogP contribution is -2.31. The Morgan fingerprint density at radius 3 is 2.42 bits per heavy atom. The van der Waals surface area contributed by atoms with E-state index >= 15 is 0 Å². The lowest BCUT2D eigenvalue weighted by molar-refractivity contribution is 0.0929. The van der Waals surface area contributed by atoms with Crippen molar-refractivity contribution < 1.29 is 4.79 Å². The summed E-state index contributed by atoms with van der Waals surface area (Å²) in [6.45, 7) is 6.89. The highest BCUT2D eigenvalue weighted by Gasteiger charge is 2.25. The minimum absolute atomic E-state index is 0.280. The number of hydrogen-bond acceptors (Lipinski definition) is 4. The second-order valence-electron chi connectivity index (χ2n) is 7.90. The van der Waals surface area contributed by atoms with Gasteiger partial charge < -0.3 is 9.88 Å². The zero-order valence-corrected chi connectivity index (χ0v) is 22.3. The Hall–Kier alpha value is -1.44. The molecule has 0 aliphatic heterocycles. The summed E-state index contributed by atoms with van der Waals surface area (Å²) in [5.41, 5.74) is 1.40. The van der Waals surface area contributed by atoms with Crippen LogP contribution in [0.3, 0.4) is 0 Å². The first-order valence-corrected chi connectivity index (χ1v) is 12.9. The fourth-order valence-electron chi connectivity index (χ4n) is 3.35. The maximum Gasteiger partial charge on any atom is 0.253 e. The lowest BCUT2D eigenvalue weighted by Gasteiger charge is -2.21. The van der Waals surface area contributed by atoms with E-state index in [1.165, 1.54) is 0 Å². The van der Waals surface area contributed by atoms with Crippen molar-refractivity contribution in [3.05, 3.63) is 73.4 Å². The largest absolute Gasteiger partial charge is 0.342 e. The summed E-state index contributed by atoms with van der Waals surface area (Å²) in [6, 6.07) is 10.1. The first kappa shape index (κ1) is 26.2. The predicted octanol–water partition coefficient (Wildman–Crippen LogP) is 7.72. The summed E-state index contributed by atoms with van der Waals surface area (Å²) >= 11 is 25.9. The molecule has 0 unspecified atom stereocenters. The van der Waals surface area contributed by atoms with Gasteiger partial charge in [-0.05, 0) is 55.2 Å². The third-order valence-corrected chi connectivity index (χ3v) is 7.24. The van der Waals surface area contributed by atoms with Gasteiger partial charge in [-0.3, -0.25) is 4.79 Å². The van der Waals surface area contributed by atoms with Gasteiger partial charge in [0.2, 0.25) is 0 Å². The Kier molecular flexibility index (Phi) is 9.36. The average molecular weight is 546 g/mol. The molecule has 1 atom stereocenters. The highest BCUT2D eigenvalue weighted by Crippen LogP contribution is 2.30. The van der Waals surface area contributed by atoms with Gasteiger partial charge in [0.25, 0.3) is 5.91 Å². The van der Waals surface area contributed by atoms with Gasteiger partial charge in [-0.1, -0.05) is 78.1 Å². The molecule has 1 heterocycles. The van der Waals surface area contributed by atoms with Crippen molar-refractivity contribution >= 4 is 64.1 Å². The molecule has 1 aromatic heterocycles. The summed E-state index contributed by atoms with van der Waals surface area (Å²) in [6.07, 6.45) is 0.701. The molecular weight excluding hydrogens is 522 g/mol. The number of carbonyl (C=O) groups excluding carboxylic acids is 1. The van der Waals surface area contributed by atoms with E-state index in [4.69, 9.17) is 46.4 Å². The maximum atomic E-state index is 13.0. The van der Waals surface area contributed by atoms with Crippen molar-refractivity contribution in [3.63, 3.8) is 0 Å². The zero-order chi connectivity index (χ0) is 24.1.